The van der Waals surface area contributed by atoms with Gasteiger partial charge in [0.15, 0.2) is 0 Å². The first-order valence-electron chi connectivity index (χ1n) is 5.09. The minimum Gasteiger partial charge on any atom is -0.497 e. The molecule has 2 heteroatoms. The average molecular weight is 192 g/mol. The number of methoxy groups -OCH3 is 1. The number of hydrogen-bond acceptors (Lipinski definition) is 2. The van der Waals surface area contributed by atoms with E-state index in [9.17, 15) is 5.11 Å². The predicted molar refractivity (Wildman–Crippen MR) is 55.5 cm³/mol. The maximum atomic E-state index is 10.3. The lowest BCUT2D eigenvalue weighted by molar-refractivity contribution is 0.0344. The van der Waals surface area contributed by atoms with Crippen LogP contribution in [0, 0.1) is 0 Å². The molecule has 14 heavy (non-hydrogen) atoms. The molecule has 1 aromatic carbocycles. The van der Waals surface area contributed by atoms with Gasteiger partial charge < -0.3 is 9.84 Å². The van der Waals surface area contributed by atoms with E-state index < -0.39 is 5.60 Å². The molecule has 0 amide bonds. The van der Waals surface area contributed by atoms with Crippen LogP contribution in [0.5, 0.6) is 5.75 Å². The van der Waals surface area contributed by atoms with Crippen molar-refractivity contribution >= 4 is 0 Å². The van der Waals surface area contributed by atoms with Gasteiger partial charge in [0.1, 0.15) is 5.75 Å². The normalized spacial score (nSPS) is 24.8. The first kappa shape index (κ1) is 9.53. The van der Waals surface area contributed by atoms with Crippen molar-refractivity contribution in [3.05, 3.63) is 29.3 Å². The monoisotopic (exact) mass is 192 g/mol. The summed E-state index contributed by atoms with van der Waals surface area (Å²) in [5.41, 5.74) is 1.69. The quantitative estimate of drug-likeness (QED) is 0.778. The summed E-state index contributed by atoms with van der Waals surface area (Å²) in [6.45, 7) is 2.02. The molecule has 0 heterocycles. The average Bonchev–Trinajstić information content (AvgIpc) is 2.57. The van der Waals surface area contributed by atoms with E-state index >= 15 is 0 Å². The van der Waals surface area contributed by atoms with Gasteiger partial charge >= 0.3 is 0 Å². The molecule has 1 aliphatic carbocycles. The fourth-order valence-corrected chi connectivity index (χ4v) is 2.18. The van der Waals surface area contributed by atoms with E-state index in [1.54, 1.807) is 7.11 Å². The summed E-state index contributed by atoms with van der Waals surface area (Å²) in [5, 5.41) is 10.3. The molecule has 1 atom stereocenters. The molecule has 2 rings (SSSR count). The minimum atomic E-state index is -0.621. The van der Waals surface area contributed by atoms with Crippen molar-refractivity contribution in [2.75, 3.05) is 7.11 Å². The fourth-order valence-electron chi connectivity index (χ4n) is 2.18. The summed E-state index contributed by atoms with van der Waals surface area (Å²) in [5.74, 6) is 0.831. The third-order valence-corrected chi connectivity index (χ3v) is 3.21. The van der Waals surface area contributed by atoms with Crippen molar-refractivity contribution in [3.63, 3.8) is 0 Å². The summed E-state index contributed by atoms with van der Waals surface area (Å²) >= 11 is 0. The lowest BCUT2D eigenvalue weighted by Gasteiger charge is -2.22. The molecule has 1 aliphatic rings. The van der Waals surface area contributed by atoms with Gasteiger partial charge in [0, 0.05) is 0 Å². The molecule has 0 fully saturated rings. The van der Waals surface area contributed by atoms with Crippen molar-refractivity contribution in [2.24, 2.45) is 0 Å². The zero-order valence-corrected chi connectivity index (χ0v) is 8.71. The largest absolute Gasteiger partial charge is 0.497 e. The molecule has 1 aromatic rings. The predicted octanol–water partition coefficient (Wildman–Crippen LogP) is 2.24. The summed E-state index contributed by atoms with van der Waals surface area (Å²) in [7, 11) is 1.65. The highest BCUT2D eigenvalue weighted by Gasteiger charge is 2.34. The highest BCUT2D eigenvalue weighted by Crippen LogP contribution is 2.40. The second-order valence-electron chi connectivity index (χ2n) is 3.91. The third-order valence-electron chi connectivity index (χ3n) is 3.21. The lowest BCUT2D eigenvalue weighted by atomic mass is 9.93. The molecule has 0 aliphatic heterocycles. The molecular formula is C12H16O2. The van der Waals surface area contributed by atoms with Gasteiger partial charge in [-0.3, -0.25) is 0 Å². The number of hydrogen-bond donors (Lipinski definition) is 1. The molecule has 1 unspecified atom stereocenters. The van der Waals surface area contributed by atoms with Crippen molar-refractivity contribution in [1.29, 1.82) is 0 Å². The van der Waals surface area contributed by atoms with Gasteiger partial charge in [0.2, 0.25) is 0 Å². The van der Waals surface area contributed by atoms with E-state index in [-0.39, 0.29) is 0 Å². The zero-order valence-electron chi connectivity index (χ0n) is 8.71. The van der Waals surface area contributed by atoms with E-state index in [0.717, 1.165) is 30.6 Å². The molecule has 2 nitrogen and oxygen atoms in total. The Bertz CT molecular complexity index is 346. The van der Waals surface area contributed by atoms with Crippen LogP contribution in [0.1, 0.15) is 30.9 Å². The lowest BCUT2D eigenvalue weighted by Crippen LogP contribution is -2.20. The van der Waals surface area contributed by atoms with Crippen molar-refractivity contribution < 1.29 is 9.84 Å². The van der Waals surface area contributed by atoms with Crippen LogP contribution in [0.4, 0.5) is 0 Å². The van der Waals surface area contributed by atoms with Gasteiger partial charge in [-0.15, -0.1) is 0 Å². The number of fused-ring (bicyclic) bond motifs is 1. The zero-order chi connectivity index (χ0) is 10.2. The van der Waals surface area contributed by atoms with Crippen LogP contribution < -0.4 is 4.74 Å². The number of benzene rings is 1. The Morgan fingerprint density at radius 1 is 1.50 bits per heavy atom. The van der Waals surface area contributed by atoms with Crippen LogP contribution in [-0.2, 0) is 12.0 Å². The Morgan fingerprint density at radius 2 is 2.29 bits per heavy atom. The summed E-state index contributed by atoms with van der Waals surface area (Å²) in [4.78, 5) is 0. The van der Waals surface area contributed by atoms with E-state index in [0.29, 0.717) is 0 Å². The standard InChI is InChI=1S/C12H16O2/c1-3-12(13)7-6-9-4-5-10(14-2)8-11(9)12/h4-5,8,13H,3,6-7H2,1-2H3. The maximum Gasteiger partial charge on any atom is 0.119 e. The van der Waals surface area contributed by atoms with Gasteiger partial charge in [-0.25, -0.2) is 0 Å². The summed E-state index contributed by atoms with van der Waals surface area (Å²) in [6.07, 6.45) is 2.59. The number of aliphatic hydroxyl groups is 1. The molecule has 0 spiro atoms. The highest BCUT2D eigenvalue weighted by molar-refractivity contribution is 5.42. The summed E-state index contributed by atoms with van der Waals surface area (Å²) in [6, 6.07) is 5.98. The van der Waals surface area contributed by atoms with Crippen LogP contribution in [0.15, 0.2) is 18.2 Å². The van der Waals surface area contributed by atoms with E-state index in [1.165, 1.54) is 5.56 Å². The molecule has 0 saturated carbocycles. The van der Waals surface area contributed by atoms with Crippen LogP contribution in [0.2, 0.25) is 0 Å². The second-order valence-corrected chi connectivity index (χ2v) is 3.91. The van der Waals surface area contributed by atoms with Crippen LogP contribution in [0.25, 0.3) is 0 Å². The highest BCUT2D eigenvalue weighted by atomic mass is 16.5. The Labute approximate surface area is 84.5 Å². The Balaban J connectivity index is 2.47. The minimum absolute atomic E-state index is 0.621. The third kappa shape index (κ3) is 1.30. The molecular weight excluding hydrogens is 176 g/mol. The maximum absolute atomic E-state index is 10.3. The first-order valence-corrected chi connectivity index (χ1v) is 5.09. The van der Waals surface area contributed by atoms with Crippen LogP contribution >= 0.6 is 0 Å². The van der Waals surface area contributed by atoms with E-state index in [4.69, 9.17) is 4.74 Å². The Kier molecular flexibility index (Phi) is 2.23. The SMILES string of the molecule is CCC1(O)CCc2ccc(OC)cc21. The molecule has 0 bridgehead atoms. The van der Waals surface area contributed by atoms with Gasteiger partial charge in [0.05, 0.1) is 12.7 Å². The molecule has 1 N–H and O–H groups in total. The second kappa shape index (κ2) is 3.28. The first-order chi connectivity index (χ1) is 6.69. The summed E-state index contributed by atoms with van der Waals surface area (Å²) < 4.78 is 5.17. The Hall–Kier alpha value is -1.02. The topological polar surface area (TPSA) is 29.5 Å². The number of aryl methyl sites for hydroxylation is 1. The number of rotatable bonds is 2. The van der Waals surface area contributed by atoms with E-state index in [1.807, 2.05) is 19.1 Å². The van der Waals surface area contributed by atoms with Gasteiger partial charge in [-0.1, -0.05) is 13.0 Å². The smallest absolute Gasteiger partial charge is 0.119 e. The Morgan fingerprint density at radius 3 is 2.93 bits per heavy atom. The number of ether oxygens (including phenoxy) is 1. The fraction of sp³-hybridized carbons (Fsp3) is 0.500. The van der Waals surface area contributed by atoms with Crippen LogP contribution in [-0.4, -0.2) is 12.2 Å². The van der Waals surface area contributed by atoms with Gasteiger partial charge in [-0.2, -0.15) is 0 Å². The molecule has 0 aromatic heterocycles. The van der Waals surface area contributed by atoms with Gasteiger partial charge in [-0.05, 0) is 42.5 Å². The van der Waals surface area contributed by atoms with Gasteiger partial charge in [0.25, 0.3) is 0 Å². The molecule has 0 radical (unpaired) electrons. The molecule has 76 valence electrons. The van der Waals surface area contributed by atoms with E-state index in [2.05, 4.69) is 6.07 Å². The molecule has 0 saturated heterocycles. The van der Waals surface area contributed by atoms with Crippen molar-refractivity contribution in [1.82, 2.24) is 0 Å². The van der Waals surface area contributed by atoms with Crippen LogP contribution in [0.3, 0.4) is 0 Å². The van der Waals surface area contributed by atoms with Crippen molar-refractivity contribution in [3.8, 4) is 5.75 Å². The van der Waals surface area contributed by atoms with Crippen molar-refractivity contribution in [2.45, 2.75) is 31.8 Å².